The van der Waals surface area contributed by atoms with Crippen molar-refractivity contribution in [3.63, 3.8) is 0 Å². The lowest BCUT2D eigenvalue weighted by molar-refractivity contribution is 0.269. The first-order valence-electron chi connectivity index (χ1n) is 6.87. The molecule has 0 spiro atoms. The zero-order valence-corrected chi connectivity index (χ0v) is 11.1. The van der Waals surface area contributed by atoms with Crippen molar-refractivity contribution in [3.05, 3.63) is 48.0 Å². The smallest absolute Gasteiger partial charge is 0.417 e. The predicted molar refractivity (Wildman–Crippen MR) is 77.8 cm³/mol. The first kappa shape index (κ1) is 13.6. The van der Waals surface area contributed by atoms with Crippen LogP contribution in [0.4, 0.5) is 0 Å². The summed E-state index contributed by atoms with van der Waals surface area (Å²) in [6.45, 7) is 1.95. The van der Waals surface area contributed by atoms with Gasteiger partial charge in [0.1, 0.15) is 0 Å². The summed E-state index contributed by atoms with van der Waals surface area (Å²) in [4.78, 5) is 9.84. The Hall–Kier alpha value is -1.83. The monoisotopic (exact) mass is 255 g/mol. The van der Waals surface area contributed by atoms with Crippen LogP contribution in [0.1, 0.15) is 31.2 Å². The molecule has 0 unspecified atom stereocenters. The maximum atomic E-state index is 9.84. The highest BCUT2D eigenvalue weighted by atomic mass is 16.5. The number of benzene rings is 2. The van der Waals surface area contributed by atoms with Gasteiger partial charge in [-0.1, -0.05) is 55.3 Å². The summed E-state index contributed by atoms with van der Waals surface area (Å²) in [5, 5.41) is 2.61. The molecule has 99 valence electrons. The first-order valence-corrected chi connectivity index (χ1v) is 6.87. The second kappa shape index (κ2) is 7.57. The Morgan fingerprint density at radius 2 is 1.68 bits per heavy atom. The molecule has 2 aromatic rings. The fraction of sp³-hybridized carbons (Fsp3) is 0.353. The van der Waals surface area contributed by atoms with Crippen molar-refractivity contribution in [2.45, 2.75) is 32.1 Å². The Balaban J connectivity index is 1.74. The minimum atomic E-state index is 0.499. The first-order chi connectivity index (χ1) is 9.40. The molecule has 2 rings (SSSR count). The highest BCUT2D eigenvalue weighted by molar-refractivity contribution is 5.82. The molecular formula is C17H19O2. The maximum absolute atomic E-state index is 9.84. The third kappa shape index (κ3) is 4.40. The molecule has 2 nitrogen and oxygen atoms in total. The van der Waals surface area contributed by atoms with Gasteiger partial charge in [-0.15, -0.1) is 0 Å². The summed E-state index contributed by atoms with van der Waals surface area (Å²) in [5.41, 5.74) is 1.40. The molecule has 0 saturated heterocycles. The number of hydrogen-bond acceptors (Lipinski definition) is 2. The summed E-state index contributed by atoms with van der Waals surface area (Å²) in [6, 6.07) is 15.1. The number of ether oxygens (including phenoxy) is 1. The Labute approximate surface area is 114 Å². The third-order valence-corrected chi connectivity index (χ3v) is 3.33. The van der Waals surface area contributed by atoms with E-state index >= 15 is 0 Å². The van der Waals surface area contributed by atoms with Gasteiger partial charge in [0.2, 0.25) is 0 Å². The van der Waals surface area contributed by atoms with Crippen LogP contribution in [-0.4, -0.2) is 13.1 Å². The lowest BCUT2D eigenvalue weighted by atomic mass is 10.0. The molecule has 0 aliphatic rings. The number of fused-ring (bicyclic) bond motifs is 1. The van der Waals surface area contributed by atoms with Gasteiger partial charge >= 0.3 is 6.47 Å². The van der Waals surface area contributed by atoms with E-state index < -0.39 is 0 Å². The predicted octanol–water partition coefficient (Wildman–Crippen LogP) is 4.03. The van der Waals surface area contributed by atoms with Gasteiger partial charge < -0.3 is 4.74 Å². The Morgan fingerprint density at radius 3 is 2.53 bits per heavy atom. The van der Waals surface area contributed by atoms with E-state index in [2.05, 4.69) is 47.2 Å². The summed E-state index contributed by atoms with van der Waals surface area (Å²) >= 11 is 0. The van der Waals surface area contributed by atoms with Crippen LogP contribution >= 0.6 is 0 Å². The minimum Gasteiger partial charge on any atom is -0.457 e. The van der Waals surface area contributed by atoms with Crippen LogP contribution < -0.4 is 0 Å². The highest BCUT2D eigenvalue weighted by Gasteiger charge is 1.97. The van der Waals surface area contributed by atoms with E-state index in [0.717, 1.165) is 19.3 Å². The standard InChI is InChI=1S/C17H19O2/c18-14-19-12-6-2-1-3-7-15-10-11-16-8-4-5-9-17(16)13-15/h4-5,8-11,13H,1-3,6-7,12H2. The van der Waals surface area contributed by atoms with Gasteiger partial charge in [0.05, 0.1) is 6.61 Å². The van der Waals surface area contributed by atoms with Gasteiger partial charge in [-0.05, 0) is 35.6 Å². The van der Waals surface area contributed by atoms with Crippen molar-refractivity contribution in [3.8, 4) is 0 Å². The molecule has 2 heteroatoms. The molecule has 0 atom stereocenters. The molecule has 0 fully saturated rings. The van der Waals surface area contributed by atoms with Crippen LogP contribution in [0.25, 0.3) is 10.8 Å². The number of rotatable bonds is 8. The Morgan fingerprint density at radius 1 is 0.895 bits per heavy atom. The minimum absolute atomic E-state index is 0.499. The molecule has 2 aromatic carbocycles. The van der Waals surface area contributed by atoms with E-state index in [1.54, 1.807) is 0 Å². The average Bonchev–Trinajstić information content (AvgIpc) is 2.46. The molecule has 1 radical (unpaired) electrons. The van der Waals surface area contributed by atoms with Crippen LogP contribution in [0.3, 0.4) is 0 Å². The average molecular weight is 255 g/mol. The zero-order valence-electron chi connectivity index (χ0n) is 11.1. The molecule has 0 aliphatic heterocycles. The van der Waals surface area contributed by atoms with Crippen molar-refractivity contribution in [1.82, 2.24) is 0 Å². The van der Waals surface area contributed by atoms with Crippen molar-refractivity contribution in [2.24, 2.45) is 0 Å². The molecule has 0 N–H and O–H groups in total. The van der Waals surface area contributed by atoms with Crippen molar-refractivity contribution in [1.29, 1.82) is 0 Å². The van der Waals surface area contributed by atoms with Gasteiger partial charge in [0.25, 0.3) is 0 Å². The van der Waals surface area contributed by atoms with Crippen molar-refractivity contribution < 1.29 is 9.53 Å². The molecule has 0 aliphatic carbocycles. The molecule has 0 bridgehead atoms. The van der Waals surface area contributed by atoms with Gasteiger partial charge in [-0.3, -0.25) is 0 Å². The highest BCUT2D eigenvalue weighted by Crippen LogP contribution is 2.17. The SMILES string of the molecule is O=[C]OCCCCCCc1ccc2ccccc2c1. The van der Waals surface area contributed by atoms with E-state index in [-0.39, 0.29) is 0 Å². The summed E-state index contributed by atoms with van der Waals surface area (Å²) in [7, 11) is 0. The van der Waals surface area contributed by atoms with Gasteiger partial charge in [-0.25, -0.2) is 4.79 Å². The summed E-state index contributed by atoms with van der Waals surface area (Å²) < 4.78 is 4.54. The van der Waals surface area contributed by atoms with E-state index in [1.165, 1.54) is 35.6 Å². The van der Waals surface area contributed by atoms with Crippen LogP contribution in [0.2, 0.25) is 0 Å². The summed E-state index contributed by atoms with van der Waals surface area (Å²) in [6.07, 6.45) is 5.52. The second-order valence-corrected chi connectivity index (χ2v) is 4.78. The van der Waals surface area contributed by atoms with Crippen LogP contribution in [-0.2, 0) is 16.0 Å². The quantitative estimate of drug-likeness (QED) is 0.666. The van der Waals surface area contributed by atoms with E-state index in [1.807, 2.05) is 0 Å². The largest absolute Gasteiger partial charge is 0.457 e. The third-order valence-electron chi connectivity index (χ3n) is 3.33. The van der Waals surface area contributed by atoms with Crippen LogP contribution in [0.5, 0.6) is 0 Å². The number of unbranched alkanes of at least 4 members (excludes halogenated alkanes) is 3. The topological polar surface area (TPSA) is 26.3 Å². The van der Waals surface area contributed by atoms with Gasteiger partial charge in [0, 0.05) is 0 Å². The lowest BCUT2D eigenvalue weighted by Gasteiger charge is -2.04. The molecule has 0 saturated carbocycles. The van der Waals surface area contributed by atoms with Gasteiger partial charge in [-0.2, -0.15) is 0 Å². The number of hydrogen-bond donors (Lipinski definition) is 0. The lowest BCUT2D eigenvalue weighted by Crippen LogP contribution is -1.92. The van der Waals surface area contributed by atoms with Crippen LogP contribution in [0.15, 0.2) is 42.5 Å². The fourth-order valence-corrected chi connectivity index (χ4v) is 2.29. The fourth-order valence-electron chi connectivity index (χ4n) is 2.29. The van der Waals surface area contributed by atoms with E-state index in [0.29, 0.717) is 6.61 Å². The van der Waals surface area contributed by atoms with Crippen LogP contribution in [0, 0.1) is 0 Å². The Kier molecular flexibility index (Phi) is 5.42. The summed E-state index contributed by atoms with van der Waals surface area (Å²) in [5.74, 6) is 0. The van der Waals surface area contributed by atoms with E-state index in [4.69, 9.17) is 0 Å². The maximum Gasteiger partial charge on any atom is 0.417 e. The molecule has 0 heterocycles. The number of carbonyl (C=O) groups excluding carboxylic acids is 1. The molecule has 0 amide bonds. The van der Waals surface area contributed by atoms with Gasteiger partial charge in [0.15, 0.2) is 0 Å². The van der Waals surface area contributed by atoms with Crippen molar-refractivity contribution >= 4 is 17.2 Å². The van der Waals surface area contributed by atoms with E-state index in [9.17, 15) is 4.79 Å². The Bertz CT molecular complexity index is 519. The zero-order chi connectivity index (χ0) is 13.3. The second-order valence-electron chi connectivity index (χ2n) is 4.78. The molecule has 0 aromatic heterocycles. The molecule has 19 heavy (non-hydrogen) atoms. The molecular weight excluding hydrogens is 236 g/mol. The normalized spacial score (nSPS) is 10.5. The van der Waals surface area contributed by atoms with Crippen molar-refractivity contribution in [2.75, 3.05) is 6.61 Å². The number of aryl methyl sites for hydroxylation is 1.